The Kier molecular flexibility index (Phi) is 6.95. The highest BCUT2D eigenvalue weighted by Crippen LogP contribution is 2.17. The molecule has 36 heavy (non-hydrogen) atoms. The second-order valence-corrected chi connectivity index (χ2v) is 8.28. The number of aromatic amines is 3. The molecule has 5 aromatic rings. The monoisotopic (exact) mass is 470 g/mol. The van der Waals surface area contributed by atoms with Crippen LogP contribution in [-0.4, -0.2) is 29.9 Å². The molecule has 5 aromatic heterocycles. The van der Waals surface area contributed by atoms with Gasteiger partial charge in [-0.05, 0) is 104 Å². The van der Waals surface area contributed by atoms with Crippen LogP contribution in [0.3, 0.4) is 0 Å². The Bertz CT molecular complexity index is 1520. The summed E-state index contributed by atoms with van der Waals surface area (Å²) in [7, 11) is 0. The molecule has 8 bridgehead atoms. The molecule has 2 aliphatic rings. The van der Waals surface area contributed by atoms with Crippen LogP contribution >= 0.6 is 0 Å². The Balaban J connectivity index is 0.000000182. The first-order chi connectivity index (χ1) is 17.7. The fourth-order valence-electron chi connectivity index (χ4n) is 3.68. The van der Waals surface area contributed by atoms with Gasteiger partial charge in [0.25, 0.3) is 0 Å². The quantitative estimate of drug-likeness (QED) is 0.222. The number of nitrogens with zero attached hydrogens (tertiary/aromatic N) is 3. The molecule has 7 rings (SSSR count). The molecule has 6 nitrogen and oxygen atoms in total. The molecule has 0 saturated heterocycles. The lowest BCUT2D eigenvalue weighted by Gasteiger charge is -1.86. The highest BCUT2D eigenvalue weighted by Gasteiger charge is 2.02. The second-order valence-electron chi connectivity index (χ2n) is 8.28. The highest BCUT2D eigenvalue weighted by atomic mass is 14.8. The van der Waals surface area contributed by atoms with Crippen LogP contribution in [0.4, 0.5) is 0 Å². The summed E-state index contributed by atoms with van der Waals surface area (Å²) in [5.74, 6) is 0. The van der Waals surface area contributed by atoms with E-state index in [0.29, 0.717) is 0 Å². The molecule has 7 heterocycles. The van der Waals surface area contributed by atoms with E-state index in [0.717, 1.165) is 44.8 Å². The van der Waals surface area contributed by atoms with Crippen molar-refractivity contribution in [3.63, 3.8) is 0 Å². The first kappa shape index (κ1) is 22.8. The molecule has 0 saturated carbocycles. The maximum atomic E-state index is 4.62. The van der Waals surface area contributed by atoms with Crippen molar-refractivity contribution < 1.29 is 0 Å². The number of hydrogen-bond acceptors (Lipinski definition) is 3. The predicted molar refractivity (Wildman–Crippen MR) is 149 cm³/mol. The lowest BCUT2D eigenvalue weighted by Crippen LogP contribution is -1.77. The van der Waals surface area contributed by atoms with Gasteiger partial charge in [0.15, 0.2) is 0 Å². The topological polar surface area (TPSA) is 86.0 Å². The molecule has 0 spiro atoms. The third-order valence-electron chi connectivity index (χ3n) is 5.36. The van der Waals surface area contributed by atoms with Gasteiger partial charge in [-0.1, -0.05) is 6.07 Å². The maximum absolute atomic E-state index is 4.62. The molecule has 0 unspecified atom stereocenters. The van der Waals surface area contributed by atoms with Crippen molar-refractivity contribution in [2.75, 3.05) is 0 Å². The lowest BCUT2D eigenvalue weighted by molar-refractivity contribution is 1.27. The van der Waals surface area contributed by atoms with Gasteiger partial charge in [-0.25, -0.2) is 9.97 Å². The summed E-state index contributed by atoms with van der Waals surface area (Å²) >= 11 is 0. The normalized spacial score (nSPS) is 11.2. The largest absolute Gasteiger partial charge is 0.365 e. The third-order valence-corrected chi connectivity index (χ3v) is 5.36. The number of nitrogens with one attached hydrogen (secondary N) is 3. The van der Waals surface area contributed by atoms with Crippen LogP contribution in [0.15, 0.2) is 97.5 Å². The molecule has 2 aliphatic heterocycles. The fraction of sp³-hybridized carbons (Fsp3) is 0.0333. The van der Waals surface area contributed by atoms with Crippen molar-refractivity contribution >= 4 is 46.4 Å². The summed E-state index contributed by atoms with van der Waals surface area (Å²) in [6.45, 7) is 2.03. The van der Waals surface area contributed by atoms with E-state index in [1.807, 2.05) is 86.0 Å². The number of rotatable bonds is 0. The molecule has 0 fully saturated rings. The van der Waals surface area contributed by atoms with Gasteiger partial charge in [0.2, 0.25) is 0 Å². The van der Waals surface area contributed by atoms with E-state index in [4.69, 9.17) is 0 Å². The molecular formula is C30H26N6. The van der Waals surface area contributed by atoms with Gasteiger partial charge in [-0.3, -0.25) is 4.98 Å². The van der Waals surface area contributed by atoms with Crippen molar-refractivity contribution in [1.82, 2.24) is 29.9 Å². The van der Waals surface area contributed by atoms with Crippen LogP contribution in [-0.2, 0) is 0 Å². The Morgan fingerprint density at radius 1 is 0.528 bits per heavy atom. The summed E-state index contributed by atoms with van der Waals surface area (Å²) in [4.78, 5) is 22.8. The van der Waals surface area contributed by atoms with Crippen molar-refractivity contribution in [3.05, 3.63) is 126 Å². The standard InChI is InChI=1S/C20H14N4.C5H7N.C5H5N/c1-2-14-10-16-5-6-18(23-16)12-20-8-7-19(24-20)11-17-4-3-15(22-17)9-13(1)21-14;1-5-3-2-4-6-5;1-2-4-6-5-3-1/h1-12,21-22H;2-4,6H,1H3;1-5H. The number of aryl methyl sites for hydroxylation is 1. The number of fused-ring (bicyclic) bond motifs is 8. The predicted octanol–water partition coefficient (Wildman–Crippen LogP) is 7.06. The Labute approximate surface area is 209 Å². The molecule has 0 atom stereocenters. The summed E-state index contributed by atoms with van der Waals surface area (Å²) < 4.78 is 0. The van der Waals surface area contributed by atoms with Gasteiger partial charge in [-0.15, -0.1) is 0 Å². The van der Waals surface area contributed by atoms with Gasteiger partial charge in [0.1, 0.15) is 0 Å². The number of pyridine rings is 1. The van der Waals surface area contributed by atoms with E-state index in [2.05, 4.69) is 60.2 Å². The molecule has 6 heteroatoms. The Hall–Kier alpha value is -4.97. The Morgan fingerprint density at radius 3 is 1.39 bits per heavy atom. The first-order valence-electron chi connectivity index (χ1n) is 11.7. The zero-order chi connectivity index (χ0) is 24.6. The smallest absolute Gasteiger partial charge is 0.0659 e. The average molecular weight is 471 g/mol. The minimum absolute atomic E-state index is 0.915. The minimum Gasteiger partial charge on any atom is -0.365 e. The number of H-pyrrole nitrogens is 3. The van der Waals surface area contributed by atoms with Gasteiger partial charge in [0.05, 0.1) is 22.8 Å². The van der Waals surface area contributed by atoms with Crippen LogP contribution in [0.1, 0.15) is 28.5 Å². The van der Waals surface area contributed by atoms with E-state index < -0.39 is 0 Å². The van der Waals surface area contributed by atoms with E-state index in [-0.39, 0.29) is 0 Å². The van der Waals surface area contributed by atoms with Crippen LogP contribution in [0.5, 0.6) is 0 Å². The number of hydrogen-bond donors (Lipinski definition) is 3. The maximum Gasteiger partial charge on any atom is 0.0659 e. The van der Waals surface area contributed by atoms with E-state index in [1.54, 1.807) is 12.4 Å². The SMILES string of the molecule is C1=Cc2cc3ccc(cc4ccc(cc5nc(cc1n2)C=C5)[nH]4)[nH]3.Cc1ccc[nH]1.c1ccncc1. The van der Waals surface area contributed by atoms with E-state index in [1.165, 1.54) is 5.69 Å². The molecule has 0 aromatic carbocycles. The van der Waals surface area contributed by atoms with Crippen molar-refractivity contribution in [2.24, 2.45) is 0 Å². The van der Waals surface area contributed by atoms with Gasteiger partial charge in [-0.2, -0.15) is 0 Å². The van der Waals surface area contributed by atoms with Gasteiger partial charge in [0, 0.05) is 46.4 Å². The zero-order valence-corrected chi connectivity index (χ0v) is 19.9. The van der Waals surface area contributed by atoms with Gasteiger partial charge >= 0.3 is 0 Å². The second kappa shape index (κ2) is 11.0. The minimum atomic E-state index is 0.915. The van der Waals surface area contributed by atoms with Crippen LogP contribution < -0.4 is 0 Å². The summed E-state index contributed by atoms with van der Waals surface area (Å²) in [5, 5.41) is 0. The molecule has 0 amide bonds. The van der Waals surface area contributed by atoms with Crippen molar-refractivity contribution in [1.29, 1.82) is 0 Å². The molecular weight excluding hydrogens is 444 g/mol. The molecule has 176 valence electrons. The lowest BCUT2D eigenvalue weighted by atomic mass is 10.3. The van der Waals surface area contributed by atoms with E-state index in [9.17, 15) is 0 Å². The van der Waals surface area contributed by atoms with Crippen molar-refractivity contribution in [3.8, 4) is 0 Å². The van der Waals surface area contributed by atoms with Gasteiger partial charge < -0.3 is 15.0 Å². The molecule has 0 aliphatic carbocycles. The van der Waals surface area contributed by atoms with Crippen LogP contribution in [0.2, 0.25) is 0 Å². The first-order valence-corrected chi connectivity index (χ1v) is 11.7. The summed E-state index contributed by atoms with van der Waals surface area (Å²) in [5.41, 5.74) is 9.08. The summed E-state index contributed by atoms with van der Waals surface area (Å²) in [6.07, 6.45) is 13.5. The zero-order valence-electron chi connectivity index (χ0n) is 19.9. The van der Waals surface area contributed by atoms with Crippen molar-refractivity contribution in [2.45, 2.75) is 6.92 Å². The van der Waals surface area contributed by atoms with Crippen LogP contribution in [0.25, 0.3) is 46.4 Å². The molecule has 3 N–H and O–H groups in total. The molecule has 0 radical (unpaired) electrons. The Morgan fingerprint density at radius 2 is 1.03 bits per heavy atom. The number of aromatic nitrogens is 6. The summed E-state index contributed by atoms with van der Waals surface area (Å²) in [6, 6.07) is 26.1. The van der Waals surface area contributed by atoms with Crippen LogP contribution in [0, 0.1) is 6.92 Å². The average Bonchev–Trinajstić information content (AvgIpc) is 3.72. The fourth-order valence-corrected chi connectivity index (χ4v) is 3.68. The third kappa shape index (κ3) is 6.33. The highest BCUT2D eigenvalue weighted by molar-refractivity contribution is 5.77. The van der Waals surface area contributed by atoms with E-state index >= 15 is 0 Å².